The molecule has 2 heterocycles. The highest BCUT2D eigenvalue weighted by atomic mass is 32.2. The minimum atomic E-state index is -0.113. The first-order valence-electron chi connectivity index (χ1n) is 11.0. The first-order valence-corrected chi connectivity index (χ1v) is 11.7. The van der Waals surface area contributed by atoms with Crippen LogP contribution in [0.2, 0.25) is 0 Å². The summed E-state index contributed by atoms with van der Waals surface area (Å²) in [5, 5.41) is 6.60. The van der Waals surface area contributed by atoms with Gasteiger partial charge in [-0.3, -0.25) is 4.79 Å². The molecule has 0 atom stereocenters. The molecule has 1 fully saturated rings. The highest BCUT2D eigenvalue weighted by Crippen LogP contribution is 2.31. The maximum absolute atomic E-state index is 11.2. The van der Waals surface area contributed by atoms with Crippen molar-refractivity contribution in [2.24, 2.45) is 5.16 Å². The quantitative estimate of drug-likeness (QED) is 0.220. The number of oxime groups is 1. The number of nitrogens with zero attached hydrogens (tertiary/aromatic N) is 4. The molecule has 172 valence electrons. The fraction of sp³-hybridized carbons (Fsp3) is 0.435. The summed E-state index contributed by atoms with van der Waals surface area (Å²) in [5.41, 5.74) is 2.04. The van der Waals surface area contributed by atoms with Gasteiger partial charge in [-0.1, -0.05) is 5.16 Å². The van der Waals surface area contributed by atoms with Gasteiger partial charge in [-0.25, -0.2) is 9.29 Å². The Morgan fingerprint density at radius 2 is 2.06 bits per heavy atom. The molecule has 1 saturated heterocycles. The van der Waals surface area contributed by atoms with Gasteiger partial charge in [-0.2, -0.15) is 0 Å². The van der Waals surface area contributed by atoms with E-state index in [4.69, 9.17) is 9.57 Å². The van der Waals surface area contributed by atoms with Crippen molar-refractivity contribution in [3.63, 3.8) is 0 Å². The van der Waals surface area contributed by atoms with Gasteiger partial charge in [0, 0.05) is 51.0 Å². The molecule has 1 aliphatic heterocycles. The van der Waals surface area contributed by atoms with Crippen LogP contribution in [0.3, 0.4) is 0 Å². The fourth-order valence-corrected chi connectivity index (χ4v) is 4.18. The van der Waals surface area contributed by atoms with Crippen molar-refractivity contribution in [3.8, 4) is 5.75 Å². The minimum absolute atomic E-state index is 0.113. The molecule has 32 heavy (non-hydrogen) atoms. The SMILES string of the molecule is CCO/N=C/c1ccc(OCCCCCN2CCN(c3ccnc(NC(C)=O)c3)S2)cc1. The summed E-state index contributed by atoms with van der Waals surface area (Å²) in [4.78, 5) is 20.4. The van der Waals surface area contributed by atoms with Gasteiger partial charge in [-0.15, -0.1) is 0 Å². The van der Waals surface area contributed by atoms with Crippen LogP contribution in [-0.2, 0) is 9.63 Å². The highest BCUT2D eigenvalue weighted by Gasteiger charge is 2.21. The molecule has 2 aromatic rings. The van der Waals surface area contributed by atoms with E-state index in [1.807, 2.05) is 43.3 Å². The normalized spacial score (nSPS) is 14.1. The largest absolute Gasteiger partial charge is 0.494 e. The second-order valence-electron chi connectivity index (χ2n) is 7.32. The number of carbonyl (C=O) groups is 1. The number of benzene rings is 1. The van der Waals surface area contributed by atoms with Crippen molar-refractivity contribution in [1.29, 1.82) is 0 Å². The van der Waals surface area contributed by atoms with Crippen LogP contribution in [0.1, 0.15) is 38.7 Å². The summed E-state index contributed by atoms with van der Waals surface area (Å²) in [6.07, 6.45) is 6.70. The molecule has 1 amide bonds. The zero-order chi connectivity index (χ0) is 22.6. The molecule has 3 rings (SSSR count). The first kappa shape index (κ1) is 23.9. The van der Waals surface area contributed by atoms with Crippen LogP contribution in [0.5, 0.6) is 5.75 Å². The predicted molar refractivity (Wildman–Crippen MR) is 130 cm³/mol. The van der Waals surface area contributed by atoms with Gasteiger partial charge in [0.15, 0.2) is 0 Å². The van der Waals surface area contributed by atoms with Crippen LogP contribution < -0.4 is 14.4 Å². The molecule has 0 unspecified atom stereocenters. The van der Waals surface area contributed by atoms with Crippen LogP contribution in [0, 0.1) is 0 Å². The third-order valence-electron chi connectivity index (χ3n) is 4.71. The Hall–Kier alpha value is -2.78. The first-order chi connectivity index (χ1) is 15.6. The molecule has 0 aliphatic carbocycles. The number of pyridine rings is 1. The Labute approximate surface area is 194 Å². The molecule has 0 bridgehead atoms. The molecule has 8 nitrogen and oxygen atoms in total. The molecule has 0 radical (unpaired) electrons. The van der Waals surface area contributed by atoms with E-state index in [2.05, 4.69) is 24.1 Å². The number of anilines is 2. The molecule has 1 N–H and O–H groups in total. The molecule has 9 heteroatoms. The summed E-state index contributed by atoms with van der Waals surface area (Å²) >= 11 is 1.74. The number of amides is 1. The van der Waals surface area contributed by atoms with Gasteiger partial charge in [0.2, 0.25) is 5.91 Å². The Morgan fingerprint density at radius 1 is 1.22 bits per heavy atom. The highest BCUT2D eigenvalue weighted by molar-refractivity contribution is 7.98. The summed E-state index contributed by atoms with van der Waals surface area (Å²) in [6.45, 7) is 7.68. The van der Waals surface area contributed by atoms with Crippen LogP contribution >= 0.6 is 12.1 Å². The lowest BCUT2D eigenvalue weighted by molar-refractivity contribution is -0.114. The van der Waals surface area contributed by atoms with E-state index >= 15 is 0 Å². The van der Waals surface area contributed by atoms with Gasteiger partial charge in [-0.05, 0) is 62.1 Å². The molecule has 0 spiro atoms. The Balaban J connectivity index is 1.29. The molecule has 1 aromatic carbocycles. The number of carbonyl (C=O) groups excluding carboxylic acids is 1. The maximum atomic E-state index is 11.2. The lowest BCUT2D eigenvalue weighted by Crippen LogP contribution is -2.14. The van der Waals surface area contributed by atoms with E-state index < -0.39 is 0 Å². The van der Waals surface area contributed by atoms with Crippen LogP contribution in [0.25, 0.3) is 0 Å². The number of hydrogen-bond acceptors (Lipinski definition) is 8. The van der Waals surface area contributed by atoms with Crippen molar-refractivity contribution in [2.75, 3.05) is 42.5 Å². The van der Waals surface area contributed by atoms with E-state index in [9.17, 15) is 4.79 Å². The smallest absolute Gasteiger partial charge is 0.222 e. The van der Waals surface area contributed by atoms with Crippen molar-refractivity contribution in [2.45, 2.75) is 33.1 Å². The summed E-state index contributed by atoms with van der Waals surface area (Å²) in [7, 11) is 0. The number of unbranched alkanes of at least 4 members (excludes halogenated alkanes) is 2. The number of hydrogen-bond donors (Lipinski definition) is 1. The maximum Gasteiger partial charge on any atom is 0.222 e. The van der Waals surface area contributed by atoms with Crippen LogP contribution in [-0.4, -0.2) is 54.3 Å². The zero-order valence-electron chi connectivity index (χ0n) is 18.7. The van der Waals surface area contributed by atoms with Crippen LogP contribution in [0.15, 0.2) is 47.8 Å². The molecular formula is C23H31N5O3S. The topological polar surface area (TPSA) is 79.3 Å². The minimum Gasteiger partial charge on any atom is -0.494 e. The molecule has 1 aromatic heterocycles. The third-order valence-corrected chi connectivity index (χ3v) is 5.89. The molecule has 0 saturated carbocycles. The van der Waals surface area contributed by atoms with Gasteiger partial charge in [0.05, 0.1) is 18.5 Å². The van der Waals surface area contributed by atoms with E-state index in [0.717, 1.165) is 55.9 Å². The van der Waals surface area contributed by atoms with E-state index in [-0.39, 0.29) is 5.91 Å². The van der Waals surface area contributed by atoms with Crippen molar-refractivity contribution >= 4 is 35.8 Å². The van der Waals surface area contributed by atoms with Crippen molar-refractivity contribution in [3.05, 3.63) is 48.2 Å². The summed E-state index contributed by atoms with van der Waals surface area (Å²) in [5.74, 6) is 1.35. The van der Waals surface area contributed by atoms with Gasteiger partial charge in [0.25, 0.3) is 0 Å². The summed E-state index contributed by atoms with van der Waals surface area (Å²) in [6, 6.07) is 11.7. The Bertz CT molecular complexity index is 878. The third kappa shape index (κ3) is 8.05. The molecular weight excluding hydrogens is 426 g/mol. The number of rotatable bonds is 12. The zero-order valence-corrected chi connectivity index (χ0v) is 19.5. The average Bonchev–Trinajstić information content (AvgIpc) is 3.26. The van der Waals surface area contributed by atoms with E-state index in [1.165, 1.54) is 6.92 Å². The lowest BCUT2D eigenvalue weighted by atomic mass is 10.2. The molecule has 1 aliphatic rings. The summed E-state index contributed by atoms with van der Waals surface area (Å²) < 4.78 is 10.4. The van der Waals surface area contributed by atoms with Gasteiger partial charge < -0.3 is 19.2 Å². The predicted octanol–water partition coefficient (Wildman–Crippen LogP) is 4.34. The number of ether oxygens (including phenoxy) is 1. The van der Waals surface area contributed by atoms with E-state index in [1.54, 1.807) is 24.5 Å². The lowest BCUT2D eigenvalue weighted by Gasteiger charge is -2.18. The Morgan fingerprint density at radius 3 is 2.84 bits per heavy atom. The Kier molecular flexibility index (Phi) is 9.64. The van der Waals surface area contributed by atoms with Gasteiger partial charge >= 0.3 is 0 Å². The van der Waals surface area contributed by atoms with E-state index in [0.29, 0.717) is 19.0 Å². The van der Waals surface area contributed by atoms with Crippen molar-refractivity contribution < 1.29 is 14.4 Å². The number of aromatic nitrogens is 1. The fourth-order valence-electron chi connectivity index (χ4n) is 3.16. The van der Waals surface area contributed by atoms with Gasteiger partial charge in [0.1, 0.15) is 18.2 Å². The standard InChI is InChI=1S/C23H31N5O3S/c1-3-31-25-18-20-7-9-22(10-8-20)30-16-6-4-5-13-27-14-15-28(32-27)21-11-12-24-23(17-21)26-19(2)29/h7-12,17-18H,3-6,13-16H2,1-2H3,(H,24,26,29)/b25-18+. The second kappa shape index (κ2) is 12.9. The van der Waals surface area contributed by atoms with Crippen molar-refractivity contribution in [1.82, 2.24) is 9.29 Å². The second-order valence-corrected chi connectivity index (χ2v) is 8.44. The monoisotopic (exact) mass is 457 g/mol. The average molecular weight is 458 g/mol. The number of nitrogens with one attached hydrogen (secondary N) is 1. The van der Waals surface area contributed by atoms with Crippen LogP contribution in [0.4, 0.5) is 11.5 Å².